The maximum absolute atomic E-state index is 11.4. The summed E-state index contributed by atoms with van der Waals surface area (Å²) in [7, 11) is 0. The molecule has 1 aliphatic heterocycles. The summed E-state index contributed by atoms with van der Waals surface area (Å²) < 4.78 is 5.22. The van der Waals surface area contributed by atoms with Crippen molar-refractivity contribution < 1.29 is 24.5 Å². The van der Waals surface area contributed by atoms with Crippen molar-refractivity contribution in [3.05, 3.63) is 29.8 Å². The lowest BCUT2D eigenvalue weighted by Gasteiger charge is -2.22. The number of carbonyl (C=O) groups excluding carboxylic acids is 1. The van der Waals surface area contributed by atoms with Crippen LogP contribution < -0.4 is 4.74 Å². The van der Waals surface area contributed by atoms with Gasteiger partial charge in [-0.2, -0.15) is 0 Å². The van der Waals surface area contributed by atoms with Crippen molar-refractivity contribution in [2.75, 3.05) is 19.8 Å². The van der Waals surface area contributed by atoms with E-state index in [4.69, 9.17) is 9.84 Å². The van der Waals surface area contributed by atoms with Gasteiger partial charge in [0.2, 0.25) is 0 Å². The molecular formula is C14H15NO5. The van der Waals surface area contributed by atoms with Crippen LogP contribution in [-0.4, -0.2) is 47.4 Å². The number of ketones is 1. The van der Waals surface area contributed by atoms with Crippen LogP contribution in [0.5, 0.6) is 5.75 Å². The van der Waals surface area contributed by atoms with Crippen molar-refractivity contribution in [1.82, 2.24) is 0 Å². The number of carbonyl (C=O) groups is 2. The van der Waals surface area contributed by atoms with Crippen molar-refractivity contribution >= 4 is 17.5 Å². The largest absolute Gasteiger partial charge is 0.481 e. The average molecular weight is 277 g/mol. The number of aliphatic imine (C=N–C) groups is 1. The second-order valence-electron chi connectivity index (χ2n) is 4.50. The highest BCUT2D eigenvalue weighted by molar-refractivity contribution is 6.08. The van der Waals surface area contributed by atoms with Gasteiger partial charge in [-0.1, -0.05) is 12.1 Å². The molecule has 1 unspecified atom stereocenters. The first-order valence-corrected chi connectivity index (χ1v) is 6.22. The van der Waals surface area contributed by atoms with Crippen molar-refractivity contribution in [1.29, 1.82) is 0 Å². The van der Waals surface area contributed by atoms with E-state index < -0.39 is 12.6 Å². The zero-order valence-electron chi connectivity index (χ0n) is 10.8. The van der Waals surface area contributed by atoms with Gasteiger partial charge in [0.25, 0.3) is 0 Å². The molecule has 1 aliphatic rings. The second kappa shape index (κ2) is 6.29. The van der Waals surface area contributed by atoms with E-state index in [1.54, 1.807) is 24.3 Å². The minimum absolute atomic E-state index is 0.0169. The van der Waals surface area contributed by atoms with E-state index in [1.807, 2.05) is 0 Å². The van der Waals surface area contributed by atoms with Crippen LogP contribution in [0.15, 0.2) is 29.3 Å². The van der Waals surface area contributed by atoms with E-state index in [-0.39, 0.29) is 31.3 Å². The normalized spacial score (nSPS) is 18.6. The predicted octanol–water partition coefficient (Wildman–Crippen LogP) is 0.520. The number of carboxylic acids is 1. The van der Waals surface area contributed by atoms with Crippen molar-refractivity contribution in [3.8, 4) is 5.75 Å². The lowest BCUT2D eigenvalue weighted by Crippen LogP contribution is -2.29. The van der Waals surface area contributed by atoms with Gasteiger partial charge in [-0.05, 0) is 12.1 Å². The van der Waals surface area contributed by atoms with Crippen molar-refractivity contribution in [2.24, 2.45) is 10.9 Å². The molecule has 0 saturated carbocycles. The zero-order valence-corrected chi connectivity index (χ0v) is 10.8. The lowest BCUT2D eigenvalue weighted by molar-refractivity contribution is -0.139. The Morgan fingerprint density at radius 3 is 2.85 bits per heavy atom. The molecule has 0 saturated heterocycles. The highest BCUT2D eigenvalue weighted by atomic mass is 16.5. The number of aliphatic hydroxyl groups is 1. The van der Waals surface area contributed by atoms with Crippen LogP contribution in [0, 0.1) is 5.92 Å². The Morgan fingerprint density at radius 1 is 1.40 bits per heavy atom. The summed E-state index contributed by atoms with van der Waals surface area (Å²) in [5.41, 5.74) is 1.22. The molecule has 0 aliphatic carbocycles. The molecule has 0 bridgehead atoms. The third kappa shape index (κ3) is 3.21. The molecule has 106 valence electrons. The number of nitrogens with zero attached hydrogens (tertiary/aromatic N) is 1. The van der Waals surface area contributed by atoms with E-state index in [0.29, 0.717) is 17.0 Å². The van der Waals surface area contributed by atoms with Crippen LogP contribution in [0.4, 0.5) is 0 Å². The fraction of sp³-hybridized carbons (Fsp3) is 0.357. The van der Waals surface area contributed by atoms with Gasteiger partial charge in [-0.25, -0.2) is 4.79 Å². The van der Waals surface area contributed by atoms with Crippen LogP contribution in [0.2, 0.25) is 0 Å². The molecule has 1 heterocycles. The summed E-state index contributed by atoms with van der Waals surface area (Å²) in [6, 6.07) is 6.89. The summed E-state index contributed by atoms with van der Waals surface area (Å²) in [5, 5.41) is 18.1. The topological polar surface area (TPSA) is 96.2 Å². The number of benzene rings is 1. The Labute approximate surface area is 115 Å². The first-order valence-electron chi connectivity index (χ1n) is 6.22. The van der Waals surface area contributed by atoms with E-state index in [0.717, 1.165) is 0 Å². The molecule has 0 amide bonds. The number of hydrogen-bond acceptors (Lipinski definition) is 5. The molecule has 0 fully saturated rings. The number of Topliss-reactive ketones (excluding diaryl/α,β-unsaturated/α-hetero) is 1. The van der Waals surface area contributed by atoms with E-state index >= 15 is 0 Å². The molecule has 2 N–H and O–H groups in total. The Hall–Kier alpha value is -2.21. The number of hydrogen-bond donors (Lipinski definition) is 2. The maximum atomic E-state index is 11.4. The fourth-order valence-electron chi connectivity index (χ4n) is 2.14. The van der Waals surface area contributed by atoms with Crippen molar-refractivity contribution in [2.45, 2.75) is 6.42 Å². The number of aliphatic carboxylic acids is 1. The third-order valence-electron chi connectivity index (χ3n) is 3.02. The van der Waals surface area contributed by atoms with Crippen LogP contribution in [0.25, 0.3) is 0 Å². The van der Waals surface area contributed by atoms with Gasteiger partial charge in [0, 0.05) is 17.9 Å². The van der Waals surface area contributed by atoms with Gasteiger partial charge in [-0.3, -0.25) is 9.79 Å². The Morgan fingerprint density at radius 2 is 2.15 bits per heavy atom. The molecule has 1 atom stereocenters. The summed E-state index contributed by atoms with van der Waals surface area (Å²) in [6.07, 6.45) is 0.239. The molecule has 0 aromatic heterocycles. The molecule has 1 aromatic rings. The molecule has 0 spiro atoms. The summed E-state index contributed by atoms with van der Waals surface area (Å²) >= 11 is 0. The number of ether oxygens (including phenoxy) is 1. The average Bonchev–Trinajstić information content (AvgIpc) is 2.45. The summed E-state index contributed by atoms with van der Waals surface area (Å²) in [6.45, 7) is -0.552. The number of aliphatic hydroxyl groups excluding tert-OH is 1. The molecule has 6 nitrogen and oxygen atoms in total. The van der Waals surface area contributed by atoms with Crippen LogP contribution in [0.3, 0.4) is 0 Å². The second-order valence-corrected chi connectivity index (χ2v) is 4.50. The molecule has 6 heteroatoms. The van der Waals surface area contributed by atoms with Gasteiger partial charge >= 0.3 is 5.97 Å². The highest BCUT2D eigenvalue weighted by Gasteiger charge is 2.26. The minimum Gasteiger partial charge on any atom is -0.481 e. The minimum atomic E-state index is -1.07. The first-order chi connectivity index (χ1) is 9.61. The SMILES string of the molecule is O=C(O)COc1ccccc1C1=NCC(=O)CC1CO. The highest BCUT2D eigenvalue weighted by Crippen LogP contribution is 2.25. The van der Waals surface area contributed by atoms with Crippen LogP contribution in [-0.2, 0) is 9.59 Å². The third-order valence-corrected chi connectivity index (χ3v) is 3.02. The predicted molar refractivity (Wildman–Crippen MR) is 71.2 cm³/mol. The quantitative estimate of drug-likeness (QED) is 0.818. The van der Waals surface area contributed by atoms with Crippen LogP contribution >= 0.6 is 0 Å². The zero-order chi connectivity index (χ0) is 14.5. The monoisotopic (exact) mass is 277 g/mol. The van der Waals surface area contributed by atoms with Crippen LogP contribution in [0.1, 0.15) is 12.0 Å². The Kier molecular flexibility index (Phi) is 4.47. The number of carboxylic acid groups (broad SMARTS) is 1. The lowest BCUT2D eigenvalue weighted by atomic mass is 9.89. The maximum Gasteiger partial charge on any atom is 0.341 e. The molecule has 1 aromatic carbocycles. The van der Waals surface area contributed by atoms with Gasteiger partial charge < -0.3 is 14.9 Å². The van der Waals surface area contributed by atoms with E-state index in [9.17, 15) is 14.7 Å². The first kappa shape index (κ1) is 14.2. The number of para-hydroxylation sites is 1. The van der Waals surface area contributed by atoms with Gasteiger partial charge in [0.05, 0.1) is 18.9 Å². The standard InChI is InChI=1S/C14H15NO5/c16-7-9-5-10(17)6-15-14(9)11-3-1-2-4-12(11)20-8-13(18)19/h1-4,9,16H,5-8H2,(H,18,19). The van der Waals surface area contributed by atoms with Gasteiger partial charge in [-0.15, -0.1) is 0 Å². The summed E-state index contributed by atoms with van der Waals surface area (Å²) in [5.74, 6) is -1.07. The summed E-state index contributed by atoms with van der Waals surface area (Å²) in [4.78, 5) is 26.2. The molecular weight excluding hydrogens is 262 g/mol. The Balaban J connectivity index is 2.31. The molecule has 20 heavy (non-hydrogen) atoms. The Bertz CT molecular complexity index is 552. The molecule has 0 radical (unpaired) electrons. The van der Waals surface area contributed by atoms with E-state index in [1.165, 1.54) is 0 Å². The smallest absolute Gasteiger partial charge is 0.341 e. The van der Waals surface area contributed by atoms with Gasteiger partial charge in [0.15, 0.2) is 12.4 Å². The van der Waals surface area contributed by atoms with Gasteiger partial charge in [0.1, 0.15) is 5.75 Å². The van der Waals surface area contributed by atoms with Crippen molar-refractivity contribution in [3.63, 3.8) is 0 Å². The number of rotatable bonds is 5. The van der Waals surface area contributed by atoms with E-state index in [2.05, 4.69) is 4.99 Å². The molecule has 2 rings (SSSR count). The fourth-order valence-corrected chi connectivity index (χ4v) is 2.14.